The van der Waals surface area contributed by atoms with Crippen LogP contribution in [-0.2, 0) is 35.2 Å². The molecule has 0 radical (unpaired) electrons. The van der Waals surface area contributed by atoms with Crippen molar-refractivity contribution in [2.45, 2.75) is 49.9 Å². The van der Waals surface area contributed by atoms with Gasteiger partial charge in [-0.25, -0.2) is 4.79 Å². The van der Waals surface area contributed by atoms with Gasteiger partial charge in [0.2, 0.25) is 17.7 Å². The van der Waals surface area contributed by atoms with E-state index in [2.05, 4.69) is 10.6 Å². The number of carboxylic acids is 3. The lowest BCUT2D eigenvalue weighted by Gasteiger charge is -2.24. The second kappa shape index (κ2) is 15.4. The molecule has 0 saturated carbocycles. The van der Waals surface area contributed by atoms with Gasteiger partial charge in [-0.1, -0.05) is 30.3 Å². The number of carbonyl (C=O) groups is 6. The van der Waals surface area contributed by atoms with E-state index in [9.17, 15) is 28.8 Å². The van der Waals surface area contributed by atoms with Crippen LogP contribution in [0.4, 0.5) is 0 Å². The number of carboxylic acid groups (broad SMARTS) is 3. The number of hydrogen-bond acceptors (Lipinski definition) is 8. The predicted molar refractivity (Wildman–Crippen MR) is 129 cm³/mol. The normalized spacial score (nSPS) is 13.9. The molecule has 0 aliphatic rings. The largest absolute Gasteiger partial charge is 0.481 e. The van der Waals surface area contributed by atoms with Crippen molar-refractivity contribution >= 4 is 47.4 Å². The standard InChI is InChI=1S/C22H30N4O9S/c1-36-8-7-14(24-19(31)13(23)9-12-5-3-2-4-6-12)20(32)25-15(10-17(27)28)21(33)26-16(22(34)35)11-18(29)30/h2-6,13-16H,7-11,23H2,1H3,(H,24,31)(H,25,32)(H,26,33)(H,27,28)(H,29,30)(H,34,35). The van der Waals surface area contributed by atoms with Gasteiger partial charge in [-0.2, -0.15) is 11.8 Å². The fourth-order valence-corrected chi connectivity index (χ4v) is 3.52. The Kier molecular flexibility index (Phi) is 13.0. The Hall–Kier alpha value is -3.65. The zero-order valence-corrected chi connectivity index (χ0v) is 20.3. The van der Waals surface area contributed by atoms with Gasteiger partial charge in [-0.05, 0) is 30.4 Å². The zero-order chi connectivity index (χ0) is 27.3. The number of thioether (sulfide) groups is 1. The maximum atomic E-state index is 12.9. The van der Waals surface area contributed by atoms with Gasteiger partial charge in [0.25, 0.3) is 0 Å². The average molecular weight is 527 g/mol. The van der Waals surface area contributed by atoms with Gasteiger partial charge < -0.3 is 37.0 Å². The molecule has 1 rings (SSSR count). The average Bonchev–Trinajstić information content (AvgIpc) is 2.80. The van der Waals surface area contributed by atoms with Crippen LogP contribution in [0.2, 0.25) is 0 Å². The molecular weight excluding hydrogens is 496 g/mol. The van der Waals surface area contributed by atoms with Crippen molar-refractivity contribution in [1.82, 2.24) is 16.0 Å². The molecule has 4 atom stereocenters. The number of rotatable bonds is 16. The molecule has 3 amide bonds. The van der Waals surface area contributed by atoms with Crippen molar-refractivity contribution in [3.05, 3.63) is 35.9 Å². The lowest BCUT2D eigenvalue weighted by Crippen LogP contribution is -2.57. The molecule has 0 aromatic heterocycles. The molecule has 13 nitrogen and oxygen atoms in total. The topological polar surface area (TPSA) is 225 Å². The highest BCUT2D eigenvalue weighted by atomic mass is 32.2. The number of nitrogens with one attached hydrogen (secondary N) is 3. The molecule has 0 spiro atoms. The monoisotopic (exact) mass is 526 g/mol. The lowest BCUT2D eigenvalue weighted by molar-refractivity contribution is -0.148. The lowest BCUT2D eigenvalue weighted by atomic mass is 10.1. The van der Waals surface area contributed by atoms with Gasteiger partial charge in [0.1, 0.15) is 18.1 Å². The van der Waals surface area contributed by atoms with Crippen LogP contribution in [0.15, 0.2) is 30.3 Å². The van der Waals surface area contributed by atoms with Crippen LogP contribution in [0.1, 0.15) is 24.8 Å². The van der Waals surface area contributed by atoms with Crippen LogP contribution in [0.5, 0.6) is 0 Å². The van der Waals surface area contributed by atoms with Gasteiger partial charge in [-0.15, -0.1) is 0 Å². The van der Waals surface area contributed by atoms with Crippen molar-refractivity contribution in [3.8, 4) is 0 Å². The van der Waals surface area contributed by atoms with E-state index in [4.69, 9.17) is 21.1 Å². The Bertz CT molecular complexity index is 945. The molecule has 0 fully saturated rings. The van der Waals surface area contributed by atoms with Crippen molar-refractivity contribution in [1.29, 1.82) is 0 Å². The Morgan fingerprint density at radius 2 is 1.31 bits per heavy atom. The molecule has 8 N–H and O–H groups in total. The zero-order valence-electron chi connectivity index (χ0n) is 19.5. The summed E-state index contributed by atoms with van der Waals surface area (Å²) in [5.74, 6) is -6.91. The summed E-state index contributed by atoms with van der Waals surface area (Å²) in [6, 6.07) is 3.24. The van der Waals surface area contributed by atoms with Gasteiger partial charge in [0.15, 0.2) is 0 Å². The van der Waals surface area contributed by atoms with Gasteiger partial charge in [0, 0.05) is 0 Å². The summed E-state index contributed by atoms with van der Waals surface area (Å²) < 4.78 is 0. The molecule has 36 heavy (non-hydrogen) atoms. The minimum atomic E-state index is -1.84. The Labute approximate surface area is 211 Å². The summed E-state index contributed by atoms with van der Waals surface area (Å²) in [5.41, 5.74) is 6.77. The van der Waals surface area contributed by atoms with E-state index in [0.717, 1.165) is 5.56 Å². The summed E-state index contributed by atoms with van der Waals surface area (Å²) in [4.78, 5) is 71.4. The number of carbonyl (C=O) groups excluding carboxylic acids is 3. The van der Waals surface area contributed by atoms with E-state index in [0.29, 0.717) is 5.75 Å². The van der Waals surface area contributed by atoms with E-state index in [1.807, 2.05) is 11.4 Å². The summed E-state index contributed by atoms with van der Waals surface area (Å²) in [6.45, 7) is 0. The highest BCUT2D eigenvalue weighted by Gasteiger charge is 2.32. The Morgan fingerprint density at radius 3 is 1.83 bits per heavy atom. The highest BCUT2D eigenvalue weighted by molar-refractivity contribution is 7.98. The Morgan fingerprint density at radius 1 is 0.806 bits per heavy atom. The van der Waals surface area contributed by atoms with Crippen LogP contribution in [0.25, 0.3) is 0 Å². The molecule has 0 bridgehead atoms. The molecular formula is C22H30N4O9S. The summed E-state index contributed by atoms with van der Waals surface area (Å²) in [6.07, 6.45) is 0.240. The number of aliphatic carboxylic acids is 3. The smallest absolute Gasteiger partial charge is 0.326 e. The number of hydrogen-bond donors (Lipinski definition) is 7. The van der Waals surface area contributed by atoms with Gasteiger partial charge in [-0.3, -0.25) is 24.0 Å². The molecule has 0 saturated heterocycles. The summed E-state index contributed by atoms with van der Waals surface area (Å²) in [7, 11) is 0. The maximum Gasteiger partial charge on any atom is 0.326 e. The first-order valence-electron chi connectivity index (χ1n) is 10.8. The van der Waals surface area contributed by atoms with Crippen molar-refractivity contribution in [2.75, 3.05) is 12.0 Å². The third-order valence-corrected chi connectivity index (χ3v) is 5.53. The van der Waals surface area contributed by atoms with E-state index in [1.54, 1.807) is 30.5 Å². The molecule has 0 aliphatic heterocycles. The first kappa shape index (κ1) is 30.4. The third-order valence-electron chi connectivity index (χ3n) is 4.88. The van der Waals surface area contributed by atoms with E-state index < -0.39 is 72.6 Å². The van der Waals surface area contributed by atoms with E-state index in [1.165, 1.54) is 11.8 Å². The van der Waals surface area contributed by atoms with Gasteiger partial charge >= 0.3 is 17.9 Å². The predicted octanol–water partition coefficient (Wildman–Crippen LogP) is -1.20. The summed E-state index contributed by atoms with van der Waals surface area (Å²) >= 11 is 1.38. The van der Waals surface area contributed by atoms with Crippen LogP contribution in [0.3, 0.4) is 0 Å². The quantitative estimate of drug-likeness (QED) is 0.135. The van der Waals surface area contributed by atoms with Crippen LogP contribution in [0, 0.1) is 0 Å². The second-order valence-corrected chi connectivity index (χ2v) is 8.78. The minimum Gasteiger partial charge on any atom is -0.481 e. The molecule has 0 heterocycles. The fourth-order valence-electron chi connectivity index (χ4n) is 3.05. The molecule has 1 aromatic rings. The Balaban J connectivity index is 2.95. The maximum absolute atomic E-state index is 12.9. The van der Waals surface area contributed by atoms with Crippen LogP contribution < -0.4 is 21.7 Å². The van der Waals surface area contributed by atoms with Crippen molar-refractivity contribution in [2.24, 2.45) is 5.73 Å². The SMILES string of the molecule is CSCCC(NC(=O)C(N)Cc1ccccc1)C(=O)NC(CC(=O)O)C(=O)NC(CC(=O)O)C(=O)O. The minimum absolute atomic E-state index is 0.134. The van der Waals surface area contributed by atoms with Crippen LogP contribution >= 0.6 is 11.8 Å². The number of amides is 3. The fraction of sp³-hybridized carbons (Fsp3) is 0.455. The molecule has 14 heteroatoms. The second-order valence-electron chi connectivity index (χ2n) is 7.80. The molecule has 4 unspecified atom stereocenters. The van der Waals surface area contributed by atoms with E-state index in [-0.39, 0.29) is 12.8 Å². The first-order valence-corrected chi connectivity index (χ1v) is 12.2. The van der Waals surface area contributed by atoms with Crippen molar-refractivity contribution in [3.63, 3.8) is 0 Å². The molecule has 0 aliphatic carbocycles. The van der Waals surface area contributed by atoms with Crippen molar-refractivity contribution < 1.29 is 44.1 Å². The van der Waals surface area contributed by atoms with E-state index >= 15 is 0 Å². The third kappa shape index (κ3) is 11.2. The molecule has 1 aromatic carbocycles. The number of benzene rings is 1. The summed E-state index contributed by atoms with van der Waals surface area (Å²) in [5, 5.41) is 33.7. The van der Waals surface area contributed by atoms with Crippen LogP contribution in [-0.4, -0.2) is 87.1 Å². The molecule has 198 valence electrons. The highest BCUT2D eigenvalue weighted by Crippen LogP contribution is 2.06. The first-order chi connectivity index (χ1) is 16.9. The number of nitrogens with two attached hydrogens (primary N) is 1. The van der Waals surface area contributed by atoms with Gasteiger partial charge in [0.05, 0.1) is 18.9 Å².